The molecule has 0 saturated carbocycles. The molecule has 34 heavy (non-hydrogen) atoms. The molecule has 3 aliphatic rings. The third kappa shape index (κ3) is 5.63. The van der Waals surface area contributed by atoms with E-state index in [2.05, 4.69) is 17.1 Å². The number of hydrogen-bond acceptors (Lipinski definition) is 7. The zero-order chi connectivity index (χ0) is 24.7. The minimum absolute atomic E-state index is 0.103. The van der Waals surface area contributed by atoms with Crippen molar-refractivity contribution in [1.29, 1.82) is 0 Å². The Kier molecular flexibility index (Phi) is 9.91. The Hall–Kier alpha value is -1.97. The number of esters is 1. The lowest BCUT2D eigenvalue weighted by Crippen LogP contribution is -2.53. The zero-order valence-electron chi connectivity index (χ0n) is 20.8. The van der Waals surface area contributed by atoms with E-state index in [0.29, 0.717) is 32.7 Å². The lowest BCUT2D eigenvalue weighted by atomic mass is 9.69. The number of likely N-dealkylation sites (tertiary alicyclic amines) is 1. The highest BCUT2D eigenvalue weighted by atomic mass is 16.5. The van der Waals surface area contributed by atoms with Crippen molar-refractivity contribution in [3.63, 3.8) is 0 Å². The van der Waals surface area contributed by atoms with Crippen LogP contribution in [0, 0.1) is 23.7 Å². The Morgan fingerprint density at radius 2 is 1.97 bits per heavy atom. The number of aliphatic hydroxyl groups is 1. The lowest BCUT2D eigenvalue weighted by molar-refractivity contribution is -0.156. The van der Waals surface area contributed by atoms with E-state index in [1.165, 1.54) is 0 Å². The van der Waals surface area contributed by atoms with Crippen LogP contribution >= 0.6 is 0 Å². The van der Waals surface area contributed by atoms with Gasteiger partial charge in [-0.15, -0.1) is 0 Å². The Labute approximate surface area is 202 Å². The fourth-order valence-corrected chi connectivity index (χ4v) is 5.69. The first-order valence-corrected chi connectivity index (χ1v) is 12.8. The summed E-state index contributed by atoms with van der Waals surface area (Å²) in [5.41, 5.74) is 0. The average Bonchev–Trinajstić information content (AvgIpc) is 3.13. The highest BCUT2D eigenvalue weighted by molar-refractivity contribution is 5.96. The van der Waals surface area contributed by atoms with Crippen LogP contribution in [0.3, 0.4) is 0 Å². The maximum Gasteiger partial charge on any atom is 0.310 e. The van der Waals surface area contributed by atoms with Gasteiger partial charge in [0, 0.05) is 32.1 Å². The van der Waals surface area contributed by atoms with E-state index in [1.54, 1.807) is 11.8 Å². The number of ether oxygens (including phenoxy) is 2. The maximum absolute atomic E-state index is 13.8. The van der Waals surface area contributed by atoms with Gasteiger partial charge in [-0.1, -0.05) is 32.4 Å². The van der Waals surface area contributed by atoms with Crippen LogP contribution in [0.15, 0.2) is 12.2 Å². The number of nitrogens with one attached hydrogen (secondary N) is 1. The number of amides is 2. The topological polar surface area (TPSA) is 108 Å². The van der Waals surface area contributed by atoms with Crippen molar-refractivity contribution in [2.45, 2.75) is 52.1 Å². The summed E-state index contributed by atoms with van der Waals surface area (Å²) in [5.74, 6) is -2.65. The van der Waals surface area contributed by atoms with Gasteiger partial charge >= 0.3 is 5.97 Å². The fraction of sp³-hybridized carbons (Fsp3) is 0.800. The van der Waals surface area contributed by atoms with E-state index in [9.17, 15) is 19.5 Å². The smallest absolute Gasteiger partial charge is 0.310 e. The van der Waals surface area contributed by atoms with Crippen molar-refractivity contribution in [2.24, 2.45) is 23.7 Å². The molecule has 0 aromatic heterocycles. The van der Waals surface area contributed by atoms with Crippen molar-refractivity contribution in [3.05, 3.63) is 12.2 Å². The van der Waals surface area contributed by atoms with Gasteiger partial charge in [0.15, 0.2) is 0 Å². The van der Waals surface area contributed by atoms with Gasteiger partial charge in [-0.05, 0) is 25.7 Å². The first-order chi connectivity index (χ1) is 16.5. The third-order valence-corrected chi connectivity index (χ3v) is 7.40. The molecule has 2 heterocycles. The Bertz CT molecular complexity index is 734. The van der Waals surface area contributed by atoms with Gasteiger partial charge in [0.1, 0.15) is 6.04 Å². The summed E-state index contributed by atoms with van der Waals surface area (Å²) in [7, 11) is 0. The molecule has 9 heteroatoms. The molecule has 0 spiro atoms. The minimum Gasteiger partial charge on any atom is -0.466 e. The summed E-state index contributed by atoms with van der Waals surface area (Å²) in [6.45, 7) is 9.94. The van der Waals surface area contributed by atoms with E-state index in [-0.39, 0.29) is 36.9 Å². The molecule has 9 nitrogen and oxygen atoms in total. The molecule has 2 N–H and O–H groups in total. The molecule has 2 fully saturated rings. The number of carbonyl (C=O) groups excluding carboxylic acids is 3. The SMILES string of the molecule is CCC[C@@H]1C=C[C@H]2[C@H](C(=O)N([C@@H](CC)CO)[C@@H]2C(=O)NCCN2CCOCC2)[C@@H]1C(=O)OCC. The minimum atomic E-state index is -0.755. The molecule has 1 aliphatic carbocycles. The number of allylic oxidation sites excluding steroid dienone is 1. The summed E-state index contributed by atoms with van der Waals surface area (Å²) in [6, 6.07) is -1.23. The quantitative estimate of drug-likeness (QED) is 0.334. The normalized spacial score (nSPS) is 30.2. The number of fused-ring (bicyclic) bond motifs is 1. The van der Waals surface area contributed by atoms with Gasteiger partial charge in [0.2, 0.25) is 11.8 Å². The van der Waals surface area contributed by atoms with E-state index >= 15 is 0 Å². The maximum atomic E-state index is 13.8. The number of rotatable bonds is 11. The molecule has 0 radical (unpaired) electrons. The highest BCUT2D eigenvalue weighted by Gasteiger charge is 2.58. The van der Waals surface area contributed by atoms with E-state index < -0.39 is 29.8 Å². The molecule has 192 valence electrons. The van der Waals surface area contributed by atoms with Gasteiger partial charge < -0.3 is 24.8 Å². The van der Waals surface area contributed by atoms with Crippen molar-refractivity contribution < 1.29 is 29.0 Å². The molecule has 6 atom stereocenters. The van der Waals surface area contributed by atoms with Crippen LogP contribution < -0.4 is 5.32 Å². The Morgan fingerprint density at radius 3 is 2.59 bits per heavy atom. The van der Waals surface area contributed by atoms with Gasteiger partial charge in [-0.25, -0.2) is 0 Å². The molecule has 2 aliphatic heterocycles. The lowest BCUT2D eigenvalue weighted by Gasteiger charge is -2.34. The van der Waals surface area contributed by atoms with Crippen LogP contribution in [0.1, 0.15) is 40.0 Å². The van der Waals surface area contributed by atoms with Crippen LogP contribution in [0.5, 0.6) is 0 Å². The number of carbonyl (C=O) groups is 3. The third-order valence-electron chi connectivity index (χ3n) is 7.40. The Balaban J connectivity index is 1.85. The summed E-state index contributed by atoms with van der Waals surface area (Å²) >= 11 is 0. The van der Waals surface area contributed by atoms with Crippen LogP contribution in [-0.4, -0.2) is 97.4 Å². The molecular weight excluding hydrogens is 438 g/mol. The largest absolute Gasteiger partial charge is 0.466 e. The van der Waals surface area contributed by atoms with Crippen molar-refractivity contribution in [1.82, 2.24) is 15.1 Å². The highest BCUT2D eigenvalue weighted by Crippen LogP contribution is 2.46. The Morgan fingerprint density at radius 1 is 1.24 bits per heavy atom. The number of nitrogens with zero attached hydrogens (tertiary/aromatic N) is 2. The molecule has 0 aromatic carbocycles. The molecular formula is C25H41N3O6. The van der Waals surface area contributed by atoms with Gasteiger partial charge in [-0.2, -0.15) is 0 Å². The van der Waals surface area contributed by atoms with Crippen LogP contribution in [0.25, 0.3) is 0 Å². The first-order valence-electron chi connectivity index (χ1n) is 12.8. The summed E-state index contributed by atoms with van der Waals surface area (Å²) in [5, 5.41) is 13.0. The van der Waals surface area contributed by atoms with E-state index in [4.69, 9.17) is 9.47 Å². The van der Waals surface area contributed by atoms with Crippen LogP contribution in [-0.2, 0) is 23.9 Å². The van der Waals surface area contributed by atoms with Crippen molar-refractivity contribution in [2.75, 3.05) is 52.6 Å². The summed E-state index contributed by atoms with van der Waals surface area (Å²) < 4.78 is 10.8. The summed E-state index contributed by atoms with van der Waals surface area (Å²) in [4.78, 5) is 44.0. The van der Waals surface area contributed by atoms with Crippen molar-refractivity contribution >= 4 is 17.8 Å². The zero-order valence-corrected chi connectivity index (χ0v) is 20.8. The van der Waals surface area contributed by atoms with Gasteiger partial charge in [0.25, 0.3) is 0 Å². The monoisotopic (exact) mass is 479 g/mol. The second kappa shape index (κ2) is 12.7. The van der Waals surface area contributed by atoms with Gasteiger partial charge in [-0.3, -0.25) is 19.3 Å². The molecule has 2 saturated heterocycles. The van der Waals surface area contributed by atoms with Crippen LogP contribution in [0.4, 0.5) is 0 Å². The average molecular weight is 480 g/mol. The second-order valence-corrected chi connectivity index (χ2v) is 9.40. The van der Waals surface area contributed by atoms with E-state index in [1.807, 2.05) is 19.1 Å². The van der Waals surface area contributed by atoms with Gasteiger partial charge in [0.05, 0.1) is 44.3 Å². The predicted molar refractivity (Wildman–Crippen MR) is 127 cm³/mol. The molecule has 0 unspecified atom stereocenters. The standard InChI is InChI=1S/C25H41N3O6/c1-4-7-17-8-9-19-21(20(17)25(32)34-6-3)24(31)28(18(5-2)16-29)22(19)23(30)26-10-11-27-12-14-33-15-13-27/h8-9,17-22,29H,4-7,10-16H2,1-3H3,(H,26,30)/t17-,18+,19+,20-,21+,22+/m1/s1. The van der Waals surface area contributed by atoms with E-state index in [0.717, 1.165) is 25.9 Å². The molecule has 0 bridgehead atoms. The second-order valence-electron chi connectivity index (χ2n) is 9.40. The molecule has 0 aromatic rings. The number of aliphatic hydroxyl groups excluding tert-OH is 1. The number of morpholine rings is 1. The molecule has 3 rings (SSSR count). The molecule has 2 amide bonds. The fourth-order valence-electron chi connectivity index (χ4n) is 5.69. The summed E-state index contributed by atoms with van der Waals surface area (Å²) in [6.07, 6.45) is 6.11. The first kappa shape index (κ1) is 26.6. The van der Waals surface area contributed by atoms with Crippen molar-refractivity contribution in [3.8, 4) is 0 Å². The predicted octanol–water partition coefficient (Wildman–Crippen LogP) is 0.814. The van der Waals surface area contributed by atoms with Crippen LogP contribution in [0.2, 0.25) is 0 Å². The number of hydrogen-bond donors (Lipinski definition) is 2.